The molecule has 0 unspecified atom stereocenters. The third-order valence-corrected chi connectivity index (χ3v) is 4.90. The zero-order chi connectivity index (χ0) is 17.5. The number of carbonyl (C=O) groups is 1. The smallest absolute Gasteiger partial charge is 0.257 e. The molecule has 3 nitrogen and oxygen atoms in total. The molecule has 0 saturated heterocycles. The third kappa shape index (κ3) is 5.77. The normalized spacial score (nSPS) is 10.5. The first kappa shape index (κ1) is 18.7. The zero-order valence-electron chi connectivity index (χ0n) is 14.2. The van der Waals surface area contributed by atoms with Crippen molar-refractivity contribution < 1.29 is 9.53 Å². The predicted octanol–water partition coefficient (Wildman–Crippen LogP) is 4.55. The van der Waals surface area contributed by atoms with Crippen molar-refractivity contribution in [2.24, 2.45) is 0 Å². The van der Waals surface area contributed by atoms with Gasteiger partial charge in [0.05, 0.1) is 0 Å². The lowest BCUT2D eigenvalue weighted by Crippen LogP contribution is -2.30. The summed E-state index contributed by atoms with van der Waals surface area (Å²) in [4.78, 5) is 13.0. The highest BCUT2D eigenvalue weighted by molar-refractivity contribution is 7.99. The lowest BCUT2D eigenvalue weighted by molar-refractivity contribution is -0.122. The number of carbonyl (C=O) groups excluding carboxylic acids is 1. The summed E-state index contributed by atoms with van der Waals surface area (Å²) >= 11 is 7.53. The van der Waals surface area contributed by atoms with Gasteiger partial charge in [-0.25, -0.2) is 0 Å². The number of halogens is 1. The van der Waals surface area contributed by atoms with Gasteiger partial charge in [0.25, 0.3) is 5.91 Å². The Morgan fingerprint density at radius 3 is 2.58 bits per heavy atom. The number of rotatable bonds is 7. The lowest BCUT2D eigenvalue weighted by atomic mass is 10.1. The number of hydrogen-bond acceptors (Lipinski definition) is 3. The highest BCUT2D eigenvalue weighted by atomic mass is 35.5. The van der Waals surface area contributed by atoms with Crippen LogP contribution in [0.1, 0.15) is 16.7 Å². The van der Waals surface area contributed by atoms with Gasteiger partial charge in [0.2, 0.25) is 0 Å². The first-order chi connectivity index (χ1) is 11.5. The molecule has 0 atom stereocenters. The third-order valence-electron chi connectivity index (χ3n) is 3.63. The summed E-state index contributed by atoms with van der Waals surface area (Å²) in [6.07, 6.45) is 0. The van der Waals surface area contributed by atoms with Crippen LogP contribution in [0.3, 0.4) is 0 Å². The molecular formula is C19H22ClNO2S. The fourth-order valence-corrected chi connectivity index (χ4v) is 3.13. The molecule has 0 heterocycles. The molecule has 1 amide bonds. The van der Waals surface area contributed by atoms with E-state index in [1.165, 1.54) is 5.56 Å². The van der Waals surface area contributed by atoms with Crippen LogP contribution in [-0.4, -0.2) is 24.8 Å². The van der Waals surface area contributed by atoms with E-state index >= 15 is 0 Å². The van der Waals surface area contributed by atoms with E-state index in [9.17, 15) is 4.79 Å². The Bertz CT molecular complexity index is 701. The van der Waals surface area contributed by atoms with E-state index in [4.69, 9.17) is 16.3 Å². The molecule has 0 radical (unpaired) electrons. The van der Waals surface area contributed by atoms with Crippen LogP contribution in [0.15, 0.2) is 41.3 Å². The average molecular weight is 364 g/mol. The van der Waals surface area contributed by atoms with Gasteiger partial charge in [-0.1, -0.05) is 17.7 Å². The summed E-state index contributed by atoms with van der Waals surface area (Å²) in [7, 11) is 0. The van der Waals surface area contributed by atoms with Crippen LogP contribution < -0.4 is 10.1 Å². The Morgan fingerprint density at radius 1 is 1.17 bits per heavy atom. The molecule has 0 aliphatic carbocycles. The monoisotopic (exact) mass is 363 g/mol. The second-order valence-electron chi connectivity index (χ2n) is 5.65. The van der Waals surface area contributed by atoms with Crippen LogP contribution in [0, 0.1) is 20.8 Å². The minimum atomic E-state index is -0.106. The molecule has 0 aromatic heterocycles. The topological polar surface area (TPSA) is 38.3 Å². The van der Waals surface area contributed by atoms with Gasteiger partial charge < -0.3 is 10.1 Å². The molecule has 24 heavy (non-hydrogen) atoms. The fourth-order valence-electron chi connectivity index (χ4n) is 2.24. The van der Waals surface area contributed by atoms with Crippen molar-refractivity contribution in [3.8, 4) is 5.75 Å². The van der Waals surface area contributed by atoms with Gasteiger partial charge in [0, 0.05) is 22.2 Å². The zero-order valence-corrected chi connectivity index (χ0v) is 15.8. The Kier molecular flexibility index (Phi) is 7.00. The van der Waals surface area contributed by atoms with Crippen molar-refractivity contribution in [1.29, 1.82) is 0 Å². The number of nitrogens with one attached hydrogen (secondary N) is 1. The first-order valence-corrected chi connectivity index (χ1v) is 9.18. The SMILES string of the molecule is Cc1cc(C)c(C)c(OCC(=O)NCCSc2ccc(Cl)cc2)c1. The summed E-state index contributed by atoms with van der Waals surface area (Å²) in [5.41, 5.74) is 3.38. The van der Waals surface area contributed by atoms with Crippen LogP contribution in [0.2, 0.25) is 5.02 Å². The molecule has 0 bridgehead atoms. The van der Waals surface area contributed by atoms with E-state index in [0.717, 1.165) is 32.5 Å². The molecule has 2 aromatic carbocycles. The Balaban J connectivity index is 1.71. The molecule has 5 heteroatoms. The largest absolute Gasteiger partial charge is 0.483 e. The lowest BCUT2D eigenvalue weighted by Gasteiger charge is -2.12. The predicted molar refractivity (Wildman–Crippen MR) is 101 cm³/mol. The van der Waals surface area contributed by atoms with Gasteiger partial charge in [0.15, 0.2) is 6.61 Å². The Hall–Kier alpha value is -1.65. The van der Waals surface area contributed by atoms with Crippen molar-refractivity contribution in [1.82, 2.24) is 5.32 Å². The first-order valence-electron chi connectivity index (χ1n) is 7.81. The quantitative estimate of drug-likeness (QED) is 0.579. The summed E-state index contributed by atoms with van der Waals surface area (Å²) < 4.78 is 5.66. The van der Waals surface area contributed by atoms with E-state index in [-0.39, 0.29) is 12.5 Å². The molecular weight excluding hydrogens is 342 g/mol. The molecule has 128 valence electrons. The van der Waals surface area contributed by atoms with Gasteiger partial charge in [-0.05, 0) is 67.8 Å². The highest BCUT2D eigenvalue weighted by Crippen LogP contribution is 2.23. The molecule has 2 rings (SSSR count). The highest BCUT2D eigenvalue weighted by Gasteiger charge is 2.07. The molecule has 0 aliphatic heterocycles. The van der Waals surface area contributed by atoms with Crippen LogP contribution in [0.5, 0.6) is 5.75 Å². The maximum absolute atomic E-state index is 11.9. The van der Waals surface area contributed by atoms with Crippen LogP contribution in [0.4, 0.5) is 0 Å². The van der Waals surface area contributed by atoms with Gasteiger partial charge in [0.1, 0.15) is 5.75 Å². The molecule has 0 spiro atoms. The Labute approximate surface area is 152 Å². The van der Waals surface area contributed by atoms with Crippen molar-refractivity contribution >= 4 is 29.3 Å². The van der Waals surface area contributed by atoms with Crippen molar-refractivity contribution in [3.05, 3.63) is 58.1 Å². The average Bonchev–Trinajstić information content (AvgIpc) is 2.55. The van der Waals surface area contributed by atoms with E-state index < -0.39 is 0 Å². The van der Waals surface area contributed by atoms with Gasteiger partial charge in [-0.2, -0.15) is 0 Å². The molecule has 2 aromatic rings. The molecule has 0 saturated carbocycles. The van der Waals surface area contributed by atoms with Gasteiger partial charge in [-0.3, -0.25) is 4.79 Å². The van der Waals surface area contributed by atoms with E-state index in [1.54, 1.807) is 11.8 Å². The van der Waals surface area contributed by atoms with E-state index in [1.807, 2.05) is 51.1 Å². The van der Waals surface area contributed by atoms with Crippen molar-refractivity contribution in [3.63, 3.8) is 0 Å². The van der Waals surface area contributed by atoms with Gasteiger partial charge in [-0.15, -0.1) is 11.8 Å². The fraction of sp³-hybridized carbons (Fsp3) is 0.316. The van der Waals surface area contributed by atoms with E-state index in [0.29, 0.717) is 6.54 Å². The number of hydrogen-bond donors (Lipinski definition) is 1. The summed E-state index contributed by atoms with van der Waals surface area (Å²) in [5, 5.41) is 3.60. The second kappa shape index (κ2) is 9.00. The van der Waals surface area contributed by atoms with Gasteiger partial charge >= 0.3 is 0 Å². The second-order valence-corrected chi connectivity index (χ2v) is 7.25. The number of ether oxygens (including phenoxy) is 1. The number of aryl methyl sites for hydroxylation is 2. The summed E-state index contributed by atoms with van der Waals surface area (Å²) in [6, 6.07) is 11.7. The summed E-state index contributed by atoms with van der Waals surface area (Å²) in [5.74, 6) is 1.47. The number of amides is 1. The van der Waals surface area contributed by atoms with Crippen molar-refractivity contribution in [2.75, 3.05) is 18.9 Å². The van der Waals surface area contributed by atoms with E-state index in [2.05, 4.69) is 11.4 Å². The maximum Gasteiger partial charge on any atom is 0.257 e. The minimum absolute atomic E-state index is 0.0370. The maximum atomic E-state index is 11.9. The van der Waals surface area contributed by atoms with Crippen LogP contribution >= 0.6 is 23.4 Å². The Morgan fingerprint density at radius 2 is 1.88 bits per heavy atom. The standard InChI is InChI=1S/C19H22ClNO2S/c1-13-10-14(2)15(3)18(11-13)23-12-19(22)21-8-9-24-17-6-4-16(20)5-7-17/h4-7,10-11H,8-9,12H2,1-3H3,(H,21,22). The number of benzene rings is 2. The molecule has 0 fully saturated rings. The van der Waals surface area contributed by atoms with Crippen LogP contribution in [0.25, 0.3) is 0 Å². The van der Waals surface area contributed by atoms with Crippen LogP contribution in [-0.2, 0) is 4.79 Å². The molecule has 1 N–H and O–H groups in total. The van der Waals surface area contributed by atoms with Crippen molar-refractivity contribution in [2.45, 2.75) is 25.7 Å². The number of thioether (sulfide) groups is 1. The molecule has 0 aliphatic rings. The minimum Gasteiger partial charge on any atom is -0.483 e. The summed E-state index contributed by atoms with van der Waals surface area (Å²) in [6.45, 7) is 6.71.